The Hall–Kier alpha value is -2.41. The lowest BCUT2D eigenvalue weighted by Gasteiger charge is -1.89. The van der Waals surface area contributed by atoms with Crippen molar-refractivity contribution in [1.82, 2.24) is 10.2 Å². The molecule has 0 aliphatic heterocycles. The summed E-state index contributed by atoms with van der Waals surface area (Å²) in [5.41, 5.74) is 6.79. The van der Waals surface area contributed by atoms with Gasteiger partial charge in [0.15, 0.2) is 5.69 Å². The van der Waals surface area contributed by atoms with E-state index >= 15 is 0 Å². The van der Waals surface area contributed by atoms with Crippen molar-refractivity contribution >= 4 is 11.6 Å². The Morgan fingerprint density at radius 1 is 1.50 bits per heavy atom. The van der Waals surface area contributed by atoms with Gasteiger partial charge in [0.05, 0.1) is 12.1 Å². The molecule has 1 amide bonds. The Morgan fingerprint density at radius 2 is 2.21 bits per heavy atom. The van der Waals surface area contributed by atoms with Crippen molar-refractivity contribution in [3.8, 4) is 0 Å². The van der Waals surface area contributed by atoms with E-state index < -0.39 is 17.2 Å². The van der Waals surface area contributed by atoms with Gasteiger partial charge in [-0.05, 0) is 15.8 Å². The molecule has 1 aromatic heterocycles. The number of rotatable bonds is 3. The zero-order chi connectivity index (χ0) is 10.6. The van der Waals surface area contributed by atoms with E-state index in [-0.39, 0.29) is 12.1 Å². The Labute approximate surface area is 75.7 Å². The first-order chi connectivity index (χ1) is 6.69. The van der Waals surface area contributed by atoms with Gasteiger partial charge in [0.25, 0.3) is 5.56 Å². The molecule has 0 saturated carbocycles. The Bertz CT molecular complexity index is 464. The van der Waals surface area contributed by atoms with Crippen LogP contribution in [-0.2, 0) is 11.2 Å². The second-order valence-corrected chi connectivity index (χ2v) is 2.26. The largest absolute Gasteiger partial charge is 0.299 e. The minimum Gasteiger partial charge on any atom is -0.299 e. The van der Waals surface area contributed by atoms with Gasteiger partial charge in [-0.1, -0.05) is 0 Å². The van der Waals surface area contributed by atoms with Crippen molar-refractivity contribution in [2.75, 3.05) is 0 Å². The molecule has 0 fully saturated rings. The molecule has 0 saturated heterocycles. The van der Waals surface area contributed by atoms with E-state index in [0.717, 1.165) is 0 Å². The smallest absolute Gasteiger partial charge is 0.293 e. The standard InChI is InChI=1S/C5H4N6O3/c6-11-8-3(12)1-2-4(10-14)5(13)9-7-2/h1H2,(H2,7,9,13). The molecule has 0 aromatic carbocycles. The van der Waals surface area contributed by atoms with Crippen LogP contribution in [-0.4, -0.2) is 16.1 Å². The number of carbonyl (C=O) groups excluding carboxylic acids is 1. The van der Waals surface area contributed by atoms with Crippen molar-refractivity contribution in [3.63, 3.8) is 0 Å². The lowest BCUT2D eigenvalue weighted by atomic mass is 10.3. The number of nitroso groups, excluding NO2 is 1. The number of H-pyrrole nitrogens is 2. The molecular weight excluding hydrogens is 192 g/mol. The molecule has 1 heterocycles. The van der Waals surface area contributed by atoms with Gasteiger partial charge in [-0.15, -0.1) is 4.91 Å². The number of hydrogen-bond donors (Lipinski definition) is 2. The van der Waals surface area contributed by atoms with Crippen LogP contribution in [0, 0.1) is 4.91 Å². The average Bonchev–Trinajstić information content (AvgIpc) is 2.47. The van der Waals surface area contributed by atoms with E-state index in [1.807, 2.05) is 0 Å². The summed E-state index contributed by atoms with van der Waals surface area (Å²) in [7, 11) is 0. The van der Waals surface area contributed by atoms with Gasteiger partial charge in [-0.2, -0.15) is 0 Å². The second kappa shape index (κ2) is 4.01. The van der Waals surface area contributed by atoms with E-state index in [0.29, 0.717) is 0 Å². The molecule has 14 heavy (non-hydrogen) atoms. The molecule has 2 N–H and O–H groups in total. The summed E-state index contributed by atoms with van der Waals surface area (Å²) in [6, 6.07) is 0. The number of aromatic amines is 2. The summed E-state index contributed by atoms with van der Waals surface area (Å²) >= 11 is 0. The van der Waals surface area contributed by atoms with Crippen LogP contribution in [0.25, 0.3) is 10.4 Å². The number of nitrogens with zero attached hydrogens (tertiary/aromatic N) is 4. The van der Waals surface area contributed by atoms with Gasteiger partial charge in [-0.25, -0.2) is 0 Å². The molecule has 0 aliphatic carbocycles. The first-order valence-corrected chi connectivity index (χ1v) is 3.40. The average molecular weight is 196 g/mol. The van der Waals surface area contributed by atoms with Crippen molar-refractivity contribution in [2.45, 2.75) is 6.42 Å². The summed E-state index contributed by atoms with van der Waals surface area (Å²) in [6.07, 6.45) is -0.371. The molecule has 0 bridgehead atoms. The zero-order valence-electron chi connectivity index (χ0n) is 6.72. The molecule has 1 rings (SSSR count). The summed E-state index contributed by atoms with van der Waals surface area (Å²) < 4.78 is 0. The number of nitrogens with one attached hydrogen (secondary N) is 2. The number of carbonyl (C=O) groups is 1. The van der Waals surface area contributed by atoms with Crippen LogP contribution in [0.5, 0.6) is 0 Å². The summed E-state index contributed by atoms with van der Waals surface area (Å²) in [5, 5.41) is 9.55. The third-order valence-electron chi connectivity index (χ3n) is 1.40. The van der Waals surface area contributed by atoms with Crippen LogP contribution < -0.4 is 5.56 Å². The molecule has 0 aliphatic rings. The van der Waals surface area contributed by atoms with Crippen LogP contribution in [0.2, 0.25) is 0 Å². The van der Waals surface area contributed by atoms with Crippen LogP contribution in [0.4, 0.5) is 5.69 Å². The minimum atomic E-state index is -0.812. The van der Waals surface area contributed by atoms with Gasteiger partial charge in [0.1, 0.15) is 0 Å². The Kier molecular flexibility index (Phi) is 2.77. The van der Waals surface area contributed by atoms with Gasteiger partial charge >= 0.3 is 0 Å². The Balaban J connectivity index is 2.97. The first kappa shape index (κ1) is 9.68. The van der Waals surface area contributed by atoms with Crippen molar-refractivity contribution < 1.29 is 4.79 Å². The summed E-state index contributed by atoms with van der Waals surface area (Å²) in [4.78, 5) is 34.0. The van der Waals surface area contributed by atoms with Crippen molar-refractivity contribution in [3.05, 3.63) is 31.4 Å². The van der Waals surface area contributed by atoms with E-state index in [2.05, 4.69) is 25.4 Å². The maximum absolute atomic E-state index is 10.8. The number of hydrogen-bond acceptors (Lipinski definition) is 4. The summed E-state index contributed by atoms with van der Waals surface area (Å²) in [5.74, 6) is -0.812. The lowest BCUT2D eigenvalue weighted by Crippen LogP contribution is -1.99. The van der Waals surface area contributed by atoms with Crippen molar-refractivity contribution in [1.29, 1.82) is 0 Å². The molecule has 9 nitrogen and oxygen atoms in total. The van der Waals surface area contributed by atoms with Crippen LogP contribution in [0.1, 0.15) is 5.69 Å². The third-order valence-corrected chi connectivity index (χ3v) is 1.40. The number of azide groups is 1. The SMILES string of the molecule is [N-]=[N+]=NC(=O)Cc1[nH][nH]c(=O)c1N=O. The summed E-state index contributed by atoms with van der Waals surface area (Å²) in [6.45, 7) is 0. The molecule has 72 valence electrons. The maximum atomic E-state index is 10.8. The van der Waals surface area contributed by atoms with E-state index in [1.165, 1.54) is 0 Å². The van der Waals surface area contributed by atoms with Crippen LogP contribution in [0.3, 0.4) is 0 Å². The molecular formula is C5H4N6O3. The van der Waals surface area contributed by atoms with Crippen LogP contribution >= 0.6 is 0 Å². The predicted molar refractivity (Wildman–Crippen MR) is 44.7 cm³/mol. The van der Waals surface area contributed by atoms with E-state index in [9.17, 15) is 14.5 Å². The molecule has 0 unspecified atom stereocenters. The van der Waals surface area contributed by atoms with Gasteiger partial charge < -0.3 is 0 Å². The predicted octanol–water partition coefficient (Wildman–Crippen LogP) is 0.480. The lowest BCUT2D eigenvalue weighted by molar-refractivity contribution is -0.117. The van der Waals surface area contributed by atoms with Crippen molar-refractivity contribution in [2.24, 2.45) is 10.3 Å². The van der Waals surface area contributed by atoms with E-state index in [4.69, 9.17) is 5.53 Å². The number of aromatic nitrogens is 2. The topological polar surface area (TPSA) is 144 Å². The second-order valence-electron chi connectivity index (χ2n) is 2.26. The maximum Gasteiger partial charge on any atom is 0.293 e. The fourth-order valence-electron chi connectivity index (χ4n) is 0.849. The highest BCUT2D eigenvalue weighted by Crippen LogP contribution is 2.10. The molecule has 1 aromatic rings. The highest BCUT2D eigenvalue weighted by molar-refractivity contribution is 5.80. The molecule has 0 radical (unpaired) electrons. The fraction of sp³-hybridized carbons (Fsp3) is 0.200. The quantitative estimate of drug-likeness (QED) is 0.313. The van der Waals surface area contributed by atoms with E-state index in [1.54, 1.807) is 0 Å². The third kappa shape index (κ3) is 1.84. The fourth-order valence-corrected chi connectivity index (χ4v) is 0.849. The molecule has 0 spiro atoms. The normalized spacial score (nSPS) is 9.14. The number of amides is 1. The molecule has 0 atom stereocenters. The van der Waals surface area contributed by atoms with Gasteiger partial charge in [0.2, 0.25) is 5.91 Å². The van der Waals surface area contributed by atoms with Crippen LogP contribution in [0.15, 0.2) is 15.1 Å². The monoisotopic (exact) mass is 196 g/mol. The highest BCUT2D eigenvalue weighted by atomic mass is 16.3. The Morgan fingerprint density at radius 3 is 2.79 bits per heavy atom. The van der Waals surface area contributed by atoms with Gasteiger partial charge in [0, 0.05) is 4.91 Å². The zero-order valence-corrected chi connectivity index (χ0v) is 6.72. The first-order valence-electron chi connectivity index (χ1n) is 3.40. The molecule has 9 heteroatoms. The van der Waals surface area contributed by atoms with Gasteiger partial charge in [-0.3, -0.25) is 19.8 Å². The minimum absolute atomic E-state index is 0.00222. The highest BCUT2D eigenvalue weighted by Gasteiger charge is 2.12.